The van der Waals surface area contributed by atoms with E-state index in [0.717, 1.165) is 17.8 Å². The minimum Gasteiger partial charge on any atom is -0.0804 e. The second-order valence-electron chi connectivity index (χ2n) is 9.70. The highest BCUT2D eigenvalue weighted by molar-refractivity contribution is 5.66. The predicted molar refractivity (Wildman–Crippen MR) is 125 cm³/mol. The standard InChI is InChI=1S/C28H44/c1-3-5-6-7-8-10-24-13-17-26(18-14-24)28-21-19-27(20-22-28)25-15-11-23(9-4-2)12-16-25/h17,19-25H,3-16,18H2,1-2H3. The van der Waals surface area contributed by atoms with Crippen LogP contribution in [0.3, 0.4) is 0 Å². The number of unbranched alkanes of at least 4 members (excludes halogenated alkanes) is 4. The predicted octanol–water partition coefficient (Wildman–Crippen LogP) is 9.30. The molecule has 1 atom stereocenters. The molecule has 0 bridgehead atoms. The Balaban J connectivity index is 1.44. The van der Waals surface area contributed by atoms with Gasteiger partial charge < -0.3 is 0 Å². The SMILES string of the molecule is CCCCCCCC1CC=C(c2ccc(C3CCC(CCC)CC3)cc2)CC1. The van der Waals surface area contributed by atoms with Gasteiger partial charge in [0.25, 0.3) is 0 Å². The maximum absolute atomic E-state index is 2.56. The summed E-state index contributed by atoms with van der Waals surface area (Å²) in [7, 11) is 0. The molecule has 3 rings (SSSR count). The molecule has 2 aliphatic carbocycles. The van der Waals surface area contributed by atoms with Crippen LogP contribution >= 0.6 is 0 Å². The molecule has 0 radical (unpaired) electrons. The van der Waals surface area contributed by atoms with E-state index in [1.54, 1.807) is 11.1 Å². The highest BCUT2D eigenvalue weighted by Crippen LogP contribution is 2.38. The zero-order valence-corrected chi connectivity index (χ0v) is 18.7. The molecule has 2 aliphatic rings. The molecule has 156 valence electrons. The highest BCUT2D eigenvalue weighted by Gasteiger charge is 2.22. The van der Waals surface area contributed by atoms with Crippen LogP contribution in [0.25, 0.3) is 5.57 Å². The molecule has 1 unspecified atom stereocenters. The Morgan fingerprint density at radius 2 is 1.46 bits per heavy atom. The molecular formula is C28H44. The van der Waals surface area contributed by atoms with Gasteiger partial charge in [0.1, 0.15) is 0 Å². The number of rotatable bonds is 10. The number of benzene rings is 1. The molecule has 0 saturated heterocycles. The third-order valence-electron chi connectivity index (χ3n) is 7.53. The Morgan fingerprint density at radius 1 is 0.714 bits per heavy atom. The quantitative estimate of drug-likeness (QED) is 0.355. The van der Waals surface area contributed by atoms with E-state index in [4.69, 9.17) is 0 Å². The van der Waals surface area contributed by atoms with E-state index in [1.807, 2.05) is 0 Å². The summed E-state index contributed by atoms with van der Waals surface area (Å²) in [6.07, 6.45) is 23.7. The van der Waals surface area contributed by atoms with E-state index in [9.17, 15) is 0 Å². The molecule has 0 heterocycles. The third kappa shape index (κ3) is 6.50. The van der Waals surface area contributed by atoms with E-state index in [2.05, 4.69) is 44.2 Å². The first-order chi connectivity index (χ1) is 13.8. The van der Waals surface area contributed by atoms with Crippen LogP contribution in [0, 0.1) is 11.8 Å². The Bertz CT molecular complexity index is 571. The summed E-state index contributed by atoms with van der Waals surface area (Å²) >= 11 is 0. The van der Waals surface area contributed by atoms with Crippen LogP contribution in [0.5, 0.6) is 0 Å². The van der Waals surface area contributed by atoms with E-state index < -0.39 is 0 Å². The molecule has 0 spiro atoms. The normalized spacial score (nSPS) is 25.5. The van der Waals surface area contributed by atoms with Crippen molar-refractivity contribution in [2.45, 2.75) is 116 Å². The minimum absolute atomic E-state index is 0.819. The van der Waals surface area contributed by atoms with Gasteiger partial charge in [-0.1, -0.05) is 95.6 Å². The summed E-state index contributed by atoms with van der Waals surface area (Å²) in [4.78, 5) is 0. The molecule has 1 saturated carbocycles. The van der Waals surface area contributed by atoms with Crippen LogP contribution in [0.4, 0.5) is 0 Å². The summed E-state index contributed by atoms with van der Waals surface area (Å²) in [6.45, 7) is 4.64. The Hall–Kier alpha value is -1.04. The lowest BCUT2D eigenvalue weighted by Gasteiger charge is -2.29. The first-order valence-electron chi connectivity index (χ1n) is 12.6. The Labute approximate surface area is 175 Å². The zero-order valence-electron chi connectivity index (χ0n) is 18.7. The second-order valence-corrected chi connectivity index (χ2v) is 9.70. The fraction of sp³-hybridized carbons (Fsp3) is 0.714. The van der Waals surface area contributed by atoms with Crippen molar-refractivity contribution in [1.82, 2.24) is 0 Å². The second kappa shape index (κ2) is 11.8. The smallest absolute Gasteiger partial charge is 0.0162 e. The first-order valence-corrected chi connectivity index (χ1v) is 12.6. The third-order valence-corrected chi connectivity index (χ3v) is 7.53. The number of hydrogen-bond donors (Lipinski definition) is 0. The van der Waals surface area contributed by atoms with Gasteiger partial charge >= 0.3 is 0 Å². The van der Waals surface area contributed by atoms with Gasteiger partial charge in [-0.2, -0.15) is 0 Å². The van der Waals surface area contributed by atoms with Crippen molar-refractivity contribution in [3.63, 3.8) is 0 Å². The minimum atomic E-state index is 0.819. The molecule has 0 aromatic heterocycles. The van der Waals surface area contributed by atoms with Gasteiger partial charge in [0.05, 0.1) is 0 Å². The highest BCUT2D eigenvalue weighted by atomic mass is 14.3. The molecule has 0 aliphatic heterocycles. The van der Waals surface area contributed by atoms with Crippen molar-refractivity contribution >= 4 is 5.57 Å². The Kier molecular flexibility index (Phi) is 9.16. The molecule has 1 aromatic carbocycles. The molecule has 1 fully saturated rings. The summed E-state index contributed by atoms with van der Waals surface area (Å²) < 4.78 is 0. The lowest BCUT2D eigenvalue weighted by Crippen LogP contribution is -2.13. The largest absolute Gasteiger partial charge is 0.0804 e. The Morgan fingerprint density at radius 3 is 2.11 bits per heavy atom. The van der Waals surface area contributed by atoms with Gasteiger partial charge in [0.2, 0.25) is 0 Å². The van der Waals surface area contributed by atoms with Gasteiger partial charge in [0.15, 0.2) is 0 Å². The van der Waals surface area contributed by atoms with Crippen LogP contribution < -0.4 is 0 Å². The van der Waals surface area contributed by atoms with E-state index in [1.165, 1.54) is 102 Å². The van der Waals surface area contributed by atoms with Crippen LogP contribution in [-0.4, -0.2) is 0 Å². The summed E-state index contributed by atoms with van der Waals surface area (Å²) in [5.41, 5.74) is 4.70. The maximum atomic E-state index is 2.56. The van der Waals surface area contributed by atoms with Gasteiger partial charge in [-0.05, 0) is 79.4 Å². The van der Waals surface area contributed by atoms with Crippen molar-refractivity contribution < 1.29 is 0 Å². The van der Waals surface area contributed by atoms with Gasteiger partial charge in [-0.15, -0.1) is 0 Å². The average molecular weight is 381 g/mol. The van der Waals surface area contributed by atoms with Gasteiger partial charge in [0, 0.05) is 0 Å². The first kappa shape index (κ1) is 21.7. The van der Waals surface area contributed by atoms with E-state index >= 15 is 0 Å². The van der Waals surface area contributed by atoms with Gasteiger partial charge in [-0.25, -0.2) is 0 Å². The summed E-state index contributed by atoms with van der Waals surface area (Å²) in [6, 6.07) is 9.73. The zero-order chi connectivity index (χ0) is 19.6. The molecule has 0 heteroatoms. The van der Waals surface area contributed by atoms with Crippen LogP contribution in [0.1, 0.15) is 127 Å². The lowest BCUT2D eigenvalue weighted by molar-refractivity contribution is 0.308. The van der Waals surface area contributed by atoms with Crippen molar-refractivity contribution in [1.29, 1.82) is 0 Å². The van der Waals surface area contributed by atoms with Crippen LogP contribution in [0.15, 0.2) is 30.3 Å². The fourth-order valence-corrected chi connectivity index (χ4v) is 5.61. The van der Waals surface area contributed by atoms with E-state index in [-0.39, 0.29) is 0 Å². The number of allylic oxidation sites excluding steroid dienone is 2. The number of hydrogen-bond acceptors (Lipinski definition) is 0. The fourth-order valence-electron chi connectivity index (χ4n) is 5.61. The monoisotopic (exact) mass is 380 g/mol. The van der Waals surface area contributed by atoms with Crippen LogP contribution in [-0.2, 0) is 0 Å². The van der Waals surface area contributed by atoms with Crippen LogP contribution in [0.2, 0.25) is 0 Å². The molecule has 28 heavy (non-hydrogen) atoms. The van der Waals surface area contributed by atoms with Crippen molar-refractivity contribution in [3.05, 3.63) is 41.5 Å². The maximum Gasteiger partial charge on any atom is -0.0162 e. The van der Waals surface area contributed by atoms with E-state index in [0.29, 0.717) is 0 Å². The topological polar surface area (TPSA) is 0 Å². The summed E-state index contributed by atoms with van der Waals surface area (Å²) in [5, 5.41) is 0. The molecule has 1 aromatic rings. The lowest BCUT2D eigenvalue weighted by atomic mass is 9.77. The van der Waals surface area contributed by atoms with Crippen molar-refractivity contribution in [2.24, 2.45) is 11.8 Å². The van der Waals surface area contributed by atoms with Crippen molar-refractivity contribution in [2.75, 3.05) is 0 Å². The van der Waals surface area contributed by atoms with Crippen molar-refractivity contribution in [3.8, 4) is 0 Å². The van der Waals surface area contributed by atoms with Gasteiger partial charge in [-0.3, -0.25) is 0 Å². The molecule has 0 amide bonds. The molecular weight excluding hydrogens is 336 g/mol. The molecule has 0 N–H and O–H groups in total. The summed E-state index contributed by atoms with van der Waals surface area (Å²) in [5.74, 6) is 2.77. The molecule has 0 nitrogen and oxygen atoms in total. The average Bonchev–Trinajstić information content (AvgIpc) is 2.75.